The monoisotopic (exact) mass is 422 g/mol. The third-order valence-electron chi connectivity index (χ3n) is 5.42. The summed E-state index contributed by atoms with van der Waals surface area (Å²) in [6.07, 6.45) is 21.1. The number of allylic oxidation sites excluding steroid dienone is 8. The molecule has 164 valence electrons. The number of hydrogen-bond acceptors (Lipinski definition) is 1. The number of rotatable bonds is 14. The first-order chi connectivity index (χ1) is 14.5. The molecule has 0 aliphatic rings. The van der Waals surface area contributed by atoms with Crippen LogP contribution in [0.2, 0.25) is 0 Å². The smallest absolute Gasteiger partial charge is 0.0126 e. The molecule has 0 nitrogen and oxygen atoms in total. The van der Waals surface area contributed by atoms with E-state index in [-0.39, 0.29) is 0 Å². The summed E-state index contributed by atoms with van der Waals surface area (Å²) in [5, 5.41) is 4.42. The molecular weight excluding hydrogens is 380 g/mol. The second-order valence-corrected chi connectivity index (χ2v) is 9.20. The zero-order valence-corrected chi connectivity index (χ0v) is 20.8. The second kappa shape index (κ2) is 17.0. The van der Waals surface area contributed by atoms with E-state index in [0.717, 1.165) is 25.7 Å². The van der Waals surface area contributed by atoms with E-state index in [2.05, 4.69) is 80.7 Å². The van der Waals surface area contributed by atoms with Gasteiger partial charge in [-0.3, -0.25) is 0 Å². The van der Waals surface area contributed by atoms with Crippen molar-refractivity contribution in [3.8, 4) is 11.8 Å². The zero-order valence-electron chi connectivity index (χ0n) is 20.0. The molecule has 0 saturated heterocycles. The number of thiophene rings is 1. The summed E-state index contributed by atoms with van der Waals surface area (Å²) in [7, 11) is 0. The van der Waals surface area contributed by atoms with Gasteiger partial charge in [-0.2, -0.15) is 11.3 Å². The molecule has 1 heterocycles. The Balaban J connectivity index is 2.18. The minimum Gasteiger partial charge on any atom is -0.152 e. The summed E-state index contributed by atoms with van der Waals surface area (Å²) >= 11 is 1.79. The molecule has 0 aromatic carbocycles. The van der Waals surface area contributed by atoms with Gasteiger partial charge in [-0.15, -0.1) is 11.8 Å². The lowest BCUT2D eigenvalue weighted by Gasteiger charge is -2.03. The molecule has 0 N–H and O–H groups in total. The van der Waals surface area contributed by atoms with Gasteiger partial charge < -0.3 is 0 Å². The largest absolute Gasteiger partial charge is 0.152 e. The topological polar surface area (TPSA) is 0 Å². The fourth-order valence-electron chi connectivity index (χ4n) is 3.35. The number of hydrogen-bond donors (Lipinski definition) is 0. The van der Waals surface area contributed by atoms with Crippen LogP contribution in [0.15, 0.2) is 63.4 Å². The Morgan fingerprint density at radius 1 is 0.767 bits per heavy atom. The average molecular weight is 423 g/mol. The van der Waals surface area contributed by atoms with Gasteiger partial charge in [-0.25, -0.2) is 0 Å². The SMILES string of the molecule is CC#CCC/C(C)=C/CC/C(C)=C/CC/C(C)=C/CC/C(C)=C/CCc1ccsc1. The molecule has 30 heavy (non-hydrogen) atoms. The van der Waals surface area contributed by atoms with Crippen molar-refractivity contribution in [2.24, 2.45) is 0 Å². The molecule has 1 rings (SSSR count). The van der Waals surface area contributed by atoms with Gasteiger partial charge in [0.05, 0.1) is 0 Å². The molecule has 0 atom stereocenters. The first-order valence-electron chi connectivity index (χ1n) is 11.5. The standard InChI is InChI=1S/C29H42S/c1-6-7-8-13-25(2)14-9-15-26(3)16-10-17-27(4)18-11-19-28(5)20-12-21-29-22-23-30-24-29/h14,16,18,20,22-24H,8-13,15,17,19,21H2,1-5H3/b25-14+,26-16+,27-18+,28-20+. The van der Waals surface area contributed by atoms with Crippen LogP contribution in [-0.2, 0) is 6.42 Å². The maximum atomic E-state index is 3.14. The van der Waals surface area contributed by atoms with E-state index < -0.39 is 0 Å². The summed E-state index contributed by atoms with van der Waals surface area (Å²) in [6, 6.07) is 2.23. The first kappa shape index (κ1) is 26.3. The summed E-state index contributed by atoms with van der Waals surface area (Å²) < 4.78 is 0. The minimum atomic E-state index is 0.990. The summed E-state index contributed by atoms with van der Waals surface area (Å²) in [6.45, 7) is 11.0. The second-order valence-electron chi connectivity index (χ2n) is 8.41. The van der Waals surface area contributed by atoms with Gasteiger partial charge in [0, 0.05) is 6.42 Å². The molecule has 0 radical (unpaired) electrons. The van der Waals surface area contributed by atoms with Crippen molar-refractivity contribution >= 4 is 11.3 Å². The van der Waals surface area contributed by atoms with Crippen LogP contribution in [0.4, 0.5) is 0 Å². The maximum absolute atomic E-state index is 3.14. The van der Waals surface area contributed by atoms with Crippen molar-refractivity contribution in [3.05, 3.63) is 69.0 Å². The molecule has 1 heteroatoms. The molecule has 0 spiro atoms. The van der Waals surface area contributed by atoms with Crippen LogP contribution in [0.1, 0.15) is 98.0 Å². The van der Waals surface area contributed by atoms with Crippen LogP contribution in [0.25, 0.3) is 0 Å². The fraction of sp³-hybridized carbons (Fsp3) is 0.517. The van der Waals surface area contributed by atoms with Crippen molar-refractivity contribution in [2.75, 3.05) is 0 Å². The fourth-order valence-corrected chi connectivity index (χ4v) is 4.05. The van der Waals surface area contributed by atoms with Crippen molar-refractivity contribution < 1.29 is 0 Å². The Hall–Kier alpha value is -1.78. The van der Waals surface area contributed by atoms with Crippen LogP contribution in [-0.4, -0.2) is 0 Å². The normalized spacial score (nSPS) is 13.4. The van der Waals surface area contributed by atoms with Gasteiger partial charge in [0.25, 0.3) is 0 Å². The van der Waals surface area contributed by atoms with Crippen LogP contribution in [0.3, 0.4) is 0 Å². The molecule has 0 bridgehead atoms. The van der Waals surface area contributed by atoms with Crippen molar-refractivity contribution in [1.82, 2.24) is 0 Å². The van der Waals surface area contributed by atoms with Gasteiger partial charge in [-0.05, 0) is 115 Å². The molecule has 0 unspecified atom stereocenters. The van der Waals surface area contributed by atoms with Crippen molar-refractivity contribution in [3.63, 3.8) is 0 Å². The molecule has 0 aliphatic heterocycles. The van der Waals surface area contributed by atoms with Gasteiger partial charge in [0.2, 0.25) is 0 Å². The third-order valence-corrected chi connectivity index (χ3v) is 6.15. The molecular formula is C29H42S. The molecule has 0 aliphatic carbocycles. The Morgan fingerprint density at radius 2 is 1.27 bits per heavy atom. The van der Waals surface area contributed by atoms with E-state index in [1.807, 2.05) is 6.92 Å². The van der Waals surface area contributed by atoms with Gasteiger partial charge in [0.1, 0.15) is 0 Å². The maximum Gasteiger partial charge on any atom is 0.0126 e. The van der Waals surface area contributed by atoms with E-state index in [0.29, 0.717) is 0 Å². The molecule has 1 aromatic heterocycles. The highest BCUT2D eigenvalue weighted by atomic mass is 32.1. The molecule has 0 fully saturated rings. The van der Waals surface area contributed by atoms with E-state index in [9.17, 15) is 0 Å². The van der Waals surface area contributed by atoms with Crippen molar-refractivity contribution in [1.29, 1.82) is 0 Å². The van der Waals surface area contributed by atoms with Crippen LogP contribution in [0.5, 0.6) is 0 Å². The van der Waals surface area contributed by atoms with Crippen LogP contribution in [0, 0.1) is 11.8 Å². The van der Waals surface area contributed by atoms with Crippen LogP contribution >= 0.6 is 11.3 Å². The van der Waals surface area contributed by atoms with E-state index >= 15 is 0 Å². The summed E-state index contributed by atoms with van der Waals surface area (Å²) in [4.78, 5) is 0. The van der Waals surface area contributed by atoms with Gasteiger partial charge in [-0.1, -0.05) is 46.6 Å². The van der Waals surface area contributed by atoms with Crippen molar-refractivity contribution in [2.45, 2.75) is 98.8 Å². The lowest BCUT2D eigenvalue weighted by Crippen LogP contribution is -1.83. The van der Waals surface area contributed by atoms with Gasteiger partial charge >= 0.3 is 0 Å². The lowest BCUT2D eigenvalue weighted by molar-refractivity contribution is 0.889. The Labute approximate surface area is 190 Å². The highest BCUT2D eigenvalue weighted by Crippen LogP contribution is 2.15. The van der Waals surface area contributed by atoms with Gasteiger partial charge in [0.15, 0.2) is 0 Å². The number of aryl methyl sites for hydroxylation is 1. The van der Waals surface area contributed by atoms with E-state index in [1.54, 1.807) is 11.3 Å². The predicted molar refractivity (Wildman–Crippen MR) is 138 cm³/mol. The predicted octanol–water partition coefficient (Wildman–Crippen LogP) is 9.61. The Kier molecular flexibility index (Phi) is 14.8. The molecule has 1 aromatic rings. The minimum absolute atomic E-state index is 0.990. The summed E-state index contributed by atoms with van der Waals surface area (Å²) in [5.74, 6) is 6.11. The first-order valence-corrected chi connectivity index (χ1v) is 12.5. The molecule has 0 amide bonds. The highest BCUT2D eigenvalue weighted by Gasteiger charge is 1.95. The van der Waals surface area contributed by atoms with Crippen LogP contribution < -0.4 is 0 Å². The molecule has 0 saturated carbocycles. The highest BCUT2D eigenvalue weighted by molar-refractivity contribution is 7.07. The van der Waals surface area contributed by atoms with E-state index in [4.69, 9.17) is 0 Å². The van der Waals surface area contributed by atoms with E-state index in [1.165, 1.54) is 66.4 Å². The Bertz CT molecular complexity index is 757. The average Bonchev–Trinajstić information content (AvgIpc) is 3.22. The third kappa shape index (κ3) is 14.2. The lowest BCUT2D eigenvalue weighted by atomic mass is 10.0. The zero-order chi connectivity index (χ0) is 22.0. The summed E-state index contributed by atoms with van der Waals surface area (Å²) in [5.41, 5.74) is 7.51. The Morgan fingerprint density at radius 3 is 1.73 bits per heavy atom. The quantitative estimate of drug-likeness (QED) is 0.207.